The van der Waals surface area contributed by atoms with Gasteiger partial charge in [-0.1, -0.05) is 41.4 Å². The van der Waals surface area contributed by atoms with Gasteiger partial charge >= 0.3 is 6.18 Å². The van der Waals surface area contributed by atoms with Gasteiger partial charge in [-0.05, 0) is 48.1 Å². The van der Waals surface area contributed by atoms with Crippen molar-refractivity contribution in [1.82, 2.24) is 9.97 Å². The number of carbonyl (C=O) groups excluding carboxylic acids is 1. The minimum atomic E-state index is -4.71. The third kappa shape index (κ3) is 4.50. The average Bonchev–Trinajstić information content (AvgIpc) is 2.79. The van der Waals surface area contributed by atoms with E-state index in [1.54, 1.807) is 12.3 Å². The molecule has 0 spiro atoms. The molecule has 10 heteroatoms. The van der Waals surface area contributed by atoms with E-state index in [1.807, 2.05) is 18.2 Å². The Kier molecular flexibility index (Phi) is 6.50. The number of hydrogen-bond donors (Lipinski definition) is 1. The van der Waals surface area contributed by atoms with Gasteiger partial charge in [-0.2, -0.15) is 18.2 Å². The van der Waals surface area contributed by atoms with Crippen molar-refractivity contribution in [2.75, 3.05) is 12.4 Å². The molecule has 1 aliphatic rings. The van der Waals surface area contributed by atoms with Gasteiger partial charge in [0.1, 0.15) is 11.0 Å². The predicted octanol–water partition coefficient (Wildman–Crippen LogP) is 6.78. The maximum Gasteiger partial charge on any atom is 0.419 e. The van der Waals surface area contributed by atoms with Crippen LogP contribution in [0.2, 0.25) is 10.2 Å². The number of methoxy groups -OCH3 is 1. The molecule has 33 heavy (non-hydrogen) atoms. The molecule has 5 nitrogen and oxygen atoms in total. The van der Waals surface area contributed by atoms with Gasteiger partial charge in [0.25, 0.3) is 0 Å². The van der Waals surface area contributed by atoms with E-state index in [4.69, 9.17) is 27.9 Å². The van der Waals surface area contributed by atoms with E-state index in [-0.39, 0.29) is 22.9 Å². The molecule has 0 bridgehead atoms. The summed E-state index contributed by atoms with van der Waals surface area (Å²) in [5.41, 5.74) is 2.07. The Hall–Kier alpha value is -2.84. The Labute approximate surface area is 197 Å². The van der Waals surface area contributed by atoms with E-state index < -0.39 is 23.6 Å². The Morgan fingerprint density at radius 3 is 2.70 bits per heavy atom. The second-order valence-corrected chi connectivity index (χ2v) is 8.26. The van der Waals surface area contributed by atoms with Gasteiger partial charge < -0.3 is 10.1 Å². The molecule has 1 atom stereocenters. The highest BCUT2D eigenvalue weighted by Crippen LogP contribution is 2.43. The summed E-state index contributed by atoms with van der Waals surface area (Å²) in [5, 5.41) is 3.44. The molecule has 0 unspecified atom stereocenters. The molecule has 0 saturated carbocycles. The lowest BCUT2D eigenvalue weighted by atomic mass is 9.83. The van der Waals surface area contributed by atoms with Crippen LogP contribution in [0.3, 0.4) is 0 Å². The number of benzene rings is 1. The van der Waals surface area contributed by atoms with Gasteiger partial charge in [0, 0.05) is 11.8 Å². The maximum absolute atomic E-state index is 13.7. The highest BCUT2D eigenvalue weighted by Gasteiger charge is 2.37. The molecule has 0 aliphatic heterocycles. The van der Waals surface area contributed by atoms with Crippen molar-refractivity contribution >= 4 is 35.3 Å². The number of fused-ring (bicyclic) bond motifs is 1. The topological polar surface area (TPSA) is 64.1 Å². The number of aldehydes is 1. The average molecular weight is 496 g/mol. The third-order valence-corrected chi connectivity index (χ3v) is 6.36. The quantitative estimate of drug-likeness (QED) is 0.312. The molecule has 3 aromatic rings. The minimum absolute atomic E-state index is 0.177. The maximum atomic E-state index is 13.7. The van der Waals surface area contributed by atoms with Crippen molar-refractivity contribution in [3.8, 4) is 17.0 Å². The Bertz CT molecular complexity index is 1220. The van der Waals surface area contributed by atoms with E-state index in [0.29, 0.717) is 17.0 Å². The number of aromatic nitrogens is 2. The highest BCUT2D eigenvalue weighted by molar-refractivity contribution is 6.43. The molecular weight excluding hydrogens is 478 g/mol. The summed E-state index contributed by atoms with van der Waals surface area (Å²) in [6.07, 6.45) is -0.799. The lowest BCUT2D eigenvalue weighted by Gasteiger charge is -2.30. The minimum Gasteiger partial charge on any atom is -0.480 e. The summed E-state index contributed by atoms with van der Waals surface area (Å²) in [5.74, 6) is -0.568. The van der Waals surface area contributed by atoms with E-state index in [2.05, 4.69) is 15.3 Å². The van der Waals surface area contributed by atoms with Crippen molar-refractivity contribution in [2.45, 2.75) is 31.5 Å². The smallest absolute Gasteiger partial charge is 0.419 e. The lowest BCUT2D eigenvalue weighted by molar-refractivity contribution is -0.137. The van der Waals surface area contributed by atoms with Gasteiger partial charge in [0.2, 0.25) is 5.88 Å². The summed E-state index contributed by atoms with van der Waals surface area (Å²) in [4.78, 5) is 19.2. The van der Waals surface area contributed by atoms with E-state index in [1.165, 1.54) is 7.11 Å². The number of pyridine rings is 2. The Morgan fingerprint density at radius 2 is 2.00 bits per heavy atom. The molecule has 4 rings (SSSR count). The fourth-order valence-corrected chi connectivity index (χ4v) is 4.50. The van der Waals surface area contributed by atoms with Gasteiger partial charge in [-0.3, -0.25) is 4.79 Å². The van der Waals surface area contributed by atoms with Gasteiger partial charge in [0.05, 0.1) is 29.3 Å². The number of carbonyl (C=O) groups is 1. The van der Waals surface area contributed by atoms with Crippen LogP contribution in [-0.2, 0) is 12.6 Å². The van der Waals surface area contributed by atoms with Crippen molar-refractivity contribution < 1.29 is 22.7 Å². The fourth-order valence-electron chi connectivity index (χ4n) is 4.13. The van der Waals surface area contributed by atoms with Crippen LogP contribution in [0.5, 0.6) is 5.88 Å². The number of alkyl halides is 3. The van der Waals surface area contributed by atoms with Gasteiger partial charge in [0.15, 0.2) is 6.29 Å². The van der Waals surface area contributed by atoms with Crippen molar-refractivity contribution in [1.29, 1.82) is 0 Å². The van der Waals surface area contributed by atoms with Crippen LogP contribution in [0.25, 0.3) is 11.1 Å². The first-order valence-electron chi connectivity index (χ1n) is 10.0. The van der Waals surface area contributed by atoms with Gasteiger partial charge in [-0.15, -0.1) is 0 Å². The molecule has 0 saturated heterocycles. The molecule has 2 heterocycles. The predicted molar refractivity (Wildman–Crippen MR) is 120 cm³/mol. The van der Waals surface area contributed by atoms with Gasteiger partial charge in [-0.25, -0.2) is 4.98 Å². The first-order valence-corrected chi connectivity index (χ1v) is 10.8. The van der Waals surface area contributed by atoms with Crippen molar-refractivity contribution in [3.63, 3.8) is 0 Å². The summed E-state index contributed by atoms with van der Waals surface area (Å²) in [6, 6.07) is 7.67. The van der Waals surface area contributed by atoms with Crippen LogP contribution < -0.4 is 10.1 Å². The Morgan fingerprint density at radius 1 is 1.21 bits per heavy atom. The van der Waals surface area contributed by atoms with E-state index >= 15 is 0 Å². The fraction of sp³-hybridized carbons (Fsp3) is 0.261. The molecule has 0 amide bonds. The van der Waals surface area contributed by atoms with Crippen LogP contribution in [0.4, 0.5) is 19.0 Å². The SMILES string of the molecule is COc1nc(N[C@H]2CCCc3c(-c4ccnc(Cl)c4Cl)cccc32)c(C(F)(F)F)cc1C=O. The number of halogens is 5. The van der Waals surface area contributed by atoms with Crippen LogP contribution >= 0.6 is 23.2 Å². The van der Waals surface area contributed by atoms with E-state index in [9.17, 15) is 18.0 Å². The second-order valence-electron chi connectivity index (χ2n) is 7.52. The monoisotopic (exact) mass is 495 g/mol. The second kappa shape index (κ2) is 9.19. The number of nitrogens with one attached hydrogen (secondary N) is 1. The standard InChI is InChI=1S/C23H18Cl2F3N3O2/c1-33-22-12(11-32)10-17(23(26,27)28)21(31-22)30-18-7-3-5-13-14(4-2-6-15(13)18)16-8-9-29-20(25)19(16)24/h2,4,6,8-11,18H,3,5,7H2,1H3,(H,30,31)/t18-/m0/s1. The van der Waals surface area contributed by atoms with Crippen LogP contribution in [0.1, 0.15) is 45.9 Å². The van der Waals surface area contributed by atoms with Crippen LogP contribution in [0, 0.1) is 0 Å². The van der Waals surface area contributed by atoms with Crippen molar-refractivity contribution in [2.24, 2.45) is 0 Å². The first kappa shape index (κ1) is 23.3. The Balaban J connectivity index is 1.79. The molecule has 0 radical (unpaired) electrons. The zero-order valence-corrected chi connectivity index (χ0v) is 18.9. The molecule has 1 aromatic carbocycles. The van der Waals surface area contributed by atoms with Crippen LogP contribution in [-0.4, -0.2) is 23.4 Å². The van der Waals surface area contributed by atoms with Crippen molar-refractivity contribution in [3.05, 3.63) is 69.0 Å². The largest absolute Gasteiger partial charge is 0.480 e. The number of hydrogen-bond acceptors (Lipinski definition) is 5. The molecule has 1 N–H and O–H groups in total. The number of anilines is 1. The highest BCUT2D eigenvalue weighted by atomic mass is 35.5. The summed E-state index contributed by atoms with van der Waals surface area (Å²) in [7, 11) is 1.25. The zero-order valence-electron chi connectivity index (χ0n) is 17.3. The van der Waals surface area contributed by atoms with E-state index in [0.717, 1.165) is 35.6 Å². The normalized spacial score (nSPS) is 15.6. The summed E-state index contributed by atoms with van der Waals surface area (Å²) in [6.45, 7) is 0. The third-order valence-electron chi connectivity index (χ3n) is 5.60. The molecule has 172 valence electrons. The lowest BCUT2D eigenvalue weighted by Crippen LogP contribution is -2.21. The van der Waals surface area contributed by atoms with Crippen LogP contribution in [0.15, 0.2) is 36.5 Å². The molecular formula is C23H18Cl2F3N3O2. The number of rotatable bonds is 5. The number of nitrogens with zero attached hydrogens (tertiary/aromatic N) is 2. The summed E-state index contributed by atoms with van der Waals surface area (Å²) >= 11 is 12.5. The molecule has 0 fully saturated rings. The summed E-state index contributed by atoms with van der Waals surface area (Å²) < 4.78 is 46.3. The zero-order chi connectivity index (χ0) is 23.8. The molecule has 1 aliphatic carbocycles. The number of ether oxygens (including phenoxy) is 1. The first-order chi connectivity index (χ1) is 15.7. The molecule has 2 aromatic heterocycles.